The average molecular weight is 527 g/mol. The normalized spacial score (nSPS) is 26.7. The van der Waals surface area contributed by atoms with E-state index in [-0.39, 0.29) is 17.9 Å². The summed E-state index contributed by atoms with van der Waals surface area (Å²) in [4.78, 5) is 12.6. The first-order chi connectivity index (χ1) is 17.2. The highest BCUT2D eigenvalue weighted by Gasteiger charge is 2.51. The van der Waals surface area contributed by atoms with Gasteiger partial charge < -0.3 is 5.32 Å². The van der Waals surface area contributed by atoms with Crippen molar-refractivity contribution in [3.8, 4) is 0 Å². The molecule has 6 rings (SSSR count). The lowest BCUT2D eigenvalue weighted by Crippen LogP contribution is -2.48. The van der Waals surface area contributed by atoms with Crippen molar-refractivity contribution in [1.82, 2.24) is 5.32 Å². The zero-order valence-electron chi connectivity index (χ0n) is 21.4. The van der Waals surface area contributed by atoms with Crippen LogP contribution in [0.5, 0.6) is 0 Å². The van der Waals surface area contributed by atoms with Gasteiger partial charge in [-0.25, -0.2) is 8.42 Å². The number of nitrogens with zero attached hydrogens (tertiary/aromatic N) is 1. The highest BCUT2D eigenvalue weighted by atomic mass is 32.2. The van der Waals surface area contributed by atoms with Crippen LogP contribution in [0.2, 0.25) is 0 Å². The summed E-state index contributed by atoms with van der Waals surface area (Å²) in [7, 11) is -3.58. The van der Waals surface area contributed by atoms with Crippen molar-refractivity contribution in [2.75, 3.05) is 29.4 Å². The van der Waals surface area contributed by atoms with Gasteiger partial charge in [-0.15, -0.1) is 0 Å². The molecule has 0 aromatic heterocycles. The number of rotatable bonds is 10. The SMILES string of the molecule is Cc1ccccc1CSCCNC(=O)CN(c1ccc(C23CC4CC(CC(C4)C2)C3)cc1)S(C)(=O)=O. The number of hydrogen-bond donors (Lipinski definition) is 1. The lowest BCUT2D eigenvalue weighted by molar-refractivity contribution is -0.119. The third-order valence-corrected chi connectivity index (χ3v) is 10.7. The molecule has 0 spiro atoms. The number of nitrogens with one attached hydrogen (secondary N) is 1. The van der Waals surface area contributed by atoms with E-state index in [1.54, 1.807) is 11.8 Å². The molecule has 4 aliphatic carbocycles. The lowest BCUT2D eigenvalue weighted by atomic mass is 9.48. The Morgan fingerprint density at radius 2 is 1.61 bits per heavy atom. The average Bonchev–Trinajstić information content (AvgIpc) is 2.82. The van der Waals surface area contributed by atoms with E-state index in [1.807, 2.05) is 24.3 Å². The van der Waals surface area contributed by atoms with Crippen molar-refractivity contribution >= 4 is 33.4 Å². The van der Waals surface area contributed by atoms with Crippen LogP contribution in [0.15, 0.2) is 48.5 Å². The maximum Gasteiger partial charge on any atom is 0.240 e. The van der Waals surface area contributed by atoms with Gasteiger partial charge in [-0.1, -0.05) is 36.4 Å². The summed E-state index contributed by atoms with van der Waals surface area (Å²) in [6.07, 6.45) is 9.20. The maximum absolute atomic E-state index is 12.6. The number of sulfonamides is 1. The number of amides is 1. The highest BCUT2D eigenvalue weighted by molar-refractivity contribution is 7.98. The van der Waals surface area contributed by atoms with E-state index in [9.17, 15) is 13.2 Å². The number of carbonyl (C=O) groups excluding carboxylic acids is 1. The Morgan fingerprint density at radius 1 is 1.00 bits per heavy atom. The zero-order chi connectivity index (χ0) is 25.3. The van der Waals surface area contributed by atoms with E-state index in [4.69, 9.17) is 0 Å². The molecule has 2 aromatic carbocycles. The Bertz CT molecular complexity index is 1160. The minimum atomic E-state index is -3.58. The number of aryl methyl sites for hydroxylation is 1. The first-order valence-corrected chi connectivity index (χ1v) is 16.2. The number of carbonyl (C=O) groups is 1. The monoisotopic (exact) mass is 526 g/mol. The van der Waals surface area contributed by atoms with E-state index in [0.717, 1.165) is 29.3 Å². The molecule has 2 aromatic rings. The van der Waals surface area contributed by atoms with Crippen LogP contribution in [0.1, 0.15) is 55.2 Å². The topological polar surface area (TPSA) is 66.5 Å². The van der Waals surface area contributed by atoms with Crippen molar-refractivity contribution in [3.05, 3.63) is 65.2 Å². The minimum absolute atomic E-state index is 0.196. The maximum atomic E-state index is 12.6. The van der Waals surface area contributed by atoms with Gasteiger partial charge in [0.1, 0.15) is 6.54 Å². The molecule has 5 nitrogen and oxygen atoms in total. The second-order valence-electron chi connectivity index (χ2n) is 11.3. The summed E-state index contributed by atoms with van der Waals surface area (Å²) in [6, 6.07) is 16.4. The molecule has 0 radical (unpaired) electrons. The minimum Gasteiger partial charge on any atom is -0.354 e. The Kier molecular flexibility index (Phi) is 7.42. The zero-order valence-corrected chi connectivity index (χ0v) is 23.0. The molecule has 0 unspecified atom stereocenters. The molecule has 0 saturated heterocycles. The lowest BCUT2D eigenvalue weighted by Gasteiger charge is -2.57. The van der Waals surface area contributed by atoms with Crippen LogP contribution in [0.4, 0.5) is 5.69 Å². The van der Waals surface area contributed by atoms with Gasteiger partial charge in [0, 0.05) is 18.1 Å². The van der Waals surface area contributed by atoms with Crippen LogP contribution in [0.25, 0.3) is 0 Å². The number of anilines is 1. The van der Waals surface area contributed by atoms with Gasteiger partial charge >= 0.3 is 0 Å². The summed E-state index contributed by atoms with van der Waals surface area (Å²) in [5.74, 6) is 3.99. The van der Waals surface area contributed by atoms with E-state index in [2.05, 4.69) is 36.5 Å². The van der Waals surface area contributed by atoms with Crippen molar-refractivity contribution in [3.63, 3.8) is 0 Å². The molecule has 4 fully saturated rings. The molecular formula is C29H38N2O3S2. The molecule has 1 amide bonds. The van der Waals surface area contributed by atoms with Gasteiger partial charge in [-0.2, -0.15) is 11.8 Å². The largest absolute Gasteiger partial charge is 0.354 e. The smallest absolute Gasteiger partial charge is 0.240 e. The molecule has 36 heavy (non-hydrogen) atoms. The van der Waals surface area contributed by atoms with Crippen molar-refractivity contribution in [2.24, 2.45) is 17.8 Å². The van der Waals surface area contributed by atoms with Gasteiger partial charge in [0.2, 0.25) is 15.9 Å². The molecule has 194 valence electrons. The van der Waals surface area contributed by atoms with Crippen LogP contribution in [-0.2, 0) is 26.0 Å². The van der Waals surface area contributed by atoms with E-state index in [0.29, 0.717) is 12.2 Å². The molecule has 0 aliphatic heterocycles. The molecule has 0 heterocycles. The third kappa shape index (κ3) is 5.62. The van der Waals surface area contributed by atoms with Gasteiger partial charge in [-0.3, -0.25) is 9.10 Å². The van der Waals surface area contributed by atoms with Crippen LogP contribution in [0.3, 0.4) is 0 Å². The molecular weight excluding hydrogens is 488 g/mol. The van der Waals surface area contributed by atoms with Crippen molar-refractivity contribution < 1.29 is 13.2 Å². The summed E-state index contributed by atoms with van der Waals surface area (Å²) in [6.45, 7) is 2.42. The quantitative estimate of drug-likeness (QED) is 0.428. The van der Waals surface area contributed by atoms with Crippen molar-refractivity contribution in [1.29, 1.82) is 0 Å². The highest BCUT2D eigenvalue weighted by Crippen LogP contribution is 2.60. The standard InChI is InChI=1S/C29H38N2O3S2/c1-21-5-3-4-6-25(21)20-35-12-11-30-28(32)19-31(36(2,33)34)27-9-7-26(8-10-27)29-16-22-13-23(17-29)15-24(14-22)18-29/h3-10,22-24H,11-20H2,1-2H3,(H,30,32). The summed E-state index contributed by atoms with van der Waals surface area (Å²) >= 11 is 1.76. The van der Waals surface area contributed by atoms with Gasteiger partial charge in [0.15, 0.2) is 0 Å². The predicted octanol–water partition coefficient (Wildman–Crippen LogP) is 5.28. The van der Waals surface area contributed by atoms with E-state index < -0.39 is 10.0 Å². The number of hydrogen-bond acceptors (Lipinski definition) is 4. The Labute approximate surface area is 220 Å². The Balaban J connectivity index is 1.17. The van der Waals surface area contributed by atoms with Crippen LogP contribution < -0.4 is 9.62 Å². The Hall–Kier alpha value is -1.99. The van der Waals surface area contributed by atoms with E-state index in [1.165, 1.54) is 65.8 Å². The van der Waals surface area contributed by atoms with E-state index >= 15 is 0 Å². The molecule has 4 aliphatic rings. The molecule has 4 saturated carbocycles. The van der Waals surface area contributed by atoms with Gasteiger partial charge in [0.25, 0.3) is 0 Å². The van der Waals surface area contributed by atoms with Gasteiger partial charge in [-0.05, 0) is 97.4 Å². The molecule has 0 atom stereocenters. The summed E-state index contributed by atoms with van der Waals surface area (Å²) in [5, 5.41) is 2.89. The first-order valence-electron chi connectivity index (χ1n) is 13.2. The van der Waals surface area contributed by atoms with Crippen molar-refractivity contribution in [2.45, 2.75) is 56.6 Å². The fourth-order valence-electron chi connectivity index (χ4n) is 7.25. The fraction of sp³-hybridized carbons (Fsp3) is 0.552. The van der Waals surface area contributed by atoms with Gasteiger partial charge in [0.05, 0.1) is 11.9 Å². The molecule has 7 heteroatoms. The second-order valence-corrected chi connectivity index (χ2v) is 14.4. The number of benzene rings is 2. The van der Waals surface area contributed by atoms with Crippen LogP contribution >= 0.6 is 11.8 Å². The number of thioether (sulfide) groups is 1. The summed E-state index contributed by atoms with van der Waals surface area (Å²) in [5.41, 5.74) is 4.77. The predicted molar refractivity (Wildman–Crippen MR) is 149 cm³/mol. The molecule has 4 bridgehead atoms. The fourth-order valence-corrected chi connectivity index (χ4v) is 9.04. The van der Waals surface area contributed by atoms with Crippen LogP contribution in [0, 0.1) is 24.7 Å². The first kappa shape index (κ1) is 25.7. The Morgan fingerprint density at radius 3 is 2.19 bits per heavy atom. The van der Waals surface area contributed by atoms with Crippen LogP contribution in [-0.4, -0.2) is 39.4 Å². The third-order valence-electron chi connectivity index (χ3n) is 8.58. The molecule has 1 N–H and O–H groups in total. The second kappa shape index (κ2) is 10.4. The summed E-state index contributed by atoms with van der Waals surface area (Å²) < 4.78 is 26.4.